The Labute approximate surface area is 155 Å². The van der Waals surface area contributed by atoms with Gasteiger partial charge >= 0.3 is 5.97 Å². The second kappa shape index (κ2) is 7.36. The minimum atomic E-state index is -1.18. The molecule has 0 aliphatic carbocycles. The summed E-state index contributed by atoms with van der Waals surface area (Å²) in [5.74, 6) is -2.79. The fraction of sp³-hybridized carbons (Fsp3) is 0.444. The van der Waals surface area contributed by atoms with Crippen molar-refractivity contribution in [3.63, 3.8) is 0 Å². The number of aliphatic hydroxyl groups is 1. The molecule has 4 N–H and O–H groups in total. The lowest BCUT2D eigenvalue weighted by Gasteiger charge is -2.27. The minimum Gasteiger partial charge on any atom is -0.480 e. The van der Waals surface area contributed by atoms with Crippen LogP contribution in [0.5, 0.6) is 0 Å². The van der Waals surface area contributed by atoms with E-state index in [2.05, 4.69) is 10.6 Å². The molecule has 0 unspecified atom stereocenters. The number of hydrogen-bond acceptors (Lipinski definition) is 5. The lowest BCUT2D eigenvalue weighted by atomic mass is 10.0. The van der Waals surface area contributed by atoms with E-state index in [1.54, 1.807) is 6.07 Å². The van der Waals surface area contributed by atoms with Crippen LogP contribution < -0.4 is 15.5 Å². The monoisotopic (exact) mass is 375 g/mol. The van der Waals surface area contributed by atoms with E-state index in [-0.39, 0.29) is 6.42 Å². The van der Waals surface area contributed by atoms with Gasteiger partial charge in [-0.1, -0.05) is 18.2 Å². The number of aliphatic carboxylic acids is 1. The van der Waals surface area contributed by atoms with E-state index >= 15 is 0 Å². The zero-order valence-corrected chi connectivity index (χ0v) is 14.8. The molecule has 2 aliphatic rings. The Morgan fingerprint density at radius 1 is 1.30 bits per heavy atom. The molecule has 9 heteroatoms. The van der Waals surface area contributed by atoms with Crippen LogP contribution in [0, 0.1) is 0 Å². The molecule has 2 aliphatic heterocycles. The molecule has 0 bridgehead atoms. The predicted octanol–water partition coefficient (Wildman–Crippen LogP) is -1.04. The summed E-state index contributed by atoms with van der Waals surface area (Å²) in [6.07, 6.45) is 1.00. The molecule has 3 amide bonds. The van der Waals surface area contributed by atoms with Gasteiger partial charge in [0.05, 0.1) is 12.3 Å². The third kappa shape index (κ3) is 3.50. The minimum absolute atomic E-state index is 0.218. The molecule has 3 rings (SSSR count). The van der Waals surface area contributed by atoms with Crippen molar-refractivity contribution in [1.82, 2.24) is 10.6 Å². The fourth-order valence-electron chi connectivity index (χ4n) is 3.67. The highest BCUT2D eigenvalue weighted by Crippen LogP contribution is 2.38. The molecular formula is C18H21N3O6. The van der Waals surface area contributed by atoms with Crippen molar-refractivity contribution in [1.29, 1.82) is 0 Å². The number of nitrogens with zero attached hydrogens (tertiary/aromatic N) is 1. The summed E-state index contributed by atoms with van der Waals surface area (Å²) < 4.78 is 0. The summed E-state index contributed by atoms with van der Waals surface area (Å²) in [7, 11) is 0. The van der Waals surface area contributed by atoms with Gasteiger partial charge in [0.1, 0.15) is 18.1 Å². The van der Waals surface area contributed by atoms with Crippen molar-refractivity contribution in [3.8, 4) is 0 Å². The summed E-state index contributed by atoms with van der Waals surface area (Å²) in [5.41, 5.74) is 2.28. The van der Waals surface area contributed by atoms with Gasteiger partial charge in [0, 0.05) is 13.3 Å². The van der Waals surface area contributed by atoms with E-state index in [0.717, 1.165) is 11.1 Å². The van der Waals surface area contributed by atoms with E-state index in [1.165, 1.54) is 11.8 Å². The summed E-state index contributed by atoms with van der Waals surface area (Å²) >= 11 is 0. The van der Waals surface area contributed by atoms with Crippen molar-refractivity contribution in [2.45, 2.75) is 44.3 Å². The second-order valence-electron chi connectivity index (χ2n) is 6.73. The number of carboxylic acids is 1. The van der Waals surface area contributed by atoms with Gasteiger partial charge in [-0.2, -0.15) is 0 Å². The number of aryl methyl sites for hydroxylation is 1. The van der Waals surface area contributed by atoms with Gasteiger partial charge in [0.15, 0.2) is 0 Å². The lowest BCUT2D eigenvalue weighted by Crippen LogP contribution is -2.56. The van der Waals surface area contributed by atoms with E-state index < -0.39 is 48.4 Å². The Hall–Kier alpha value is -2.94. The molecule has 1 aromatic rings. The normalized spacial score (nSPS) is 21.9. The first-order chi connectivity index (χ1) is 12.8. The van der Waals surface area contributed by atoms with Crippen LogP contribution in [0.4, 0.5) is 5.69 Å². The van der Waals surface area contributed by atoms with Gasteiger partial charge in [0.2, 0.25) is 17.7 Å². The fourth-order valence-corrected chi connectivity index (χ4v) is 3.67. The predicted molar refractivity (Wildman–Crippen MR) is 94.0 cm³/mol. The SMILES string of the molecule is CC(=O)N[C@@H](CO)C(=O)N[C@H]1CCc2cccc3c2N(C1=O)[C@H](C(=O)O)C3. The number of anilines is 1. The number of benzene rings is 1. The molecule has 0 saturated carbocycles. The van der Waals surface area contributed by atoms with Gasteiger partial charge in [-0.15, -0.1) is 0 Å². The Bertz CT molecular complexity index is 808. The molecule has 27 heavy (non-hydrogen) atoms. The molecule has 0 saturated heterocycles. The first-order valence-corrected chi connectivity index (χ1v) is 8.68. The van der Waals surface area contributed by atoms with E-state index in [1.807, 2.05) is 12.1 Å². The highest BCUT2D eigenvalue weighted by molar-refractivity contribution is 6.07. The van der Waals surface area contributed by atoms with Crippen molar-refractivity contribution >= 4 is 29.4 Å². The molecule has 0 aromatic heterocycles. The van der Waals surface area contributed by atoms with Crippen molar-refractivity contribution in [2.24, 2.45) is 0 Å². The number of rotatable bonds is 5. The molecule has 2 heterocycles. The van der Waals surface area contributed by atoms with Gasteiger partial charge in [0.25, 0.3) is 0 Å². The Morgan fingerprint density at radius 2 is 2.00 bits per heavy atom. The number of hydrogen-bond donors (Lipinski definition) is 4. The summed E-state index contributed by atoms with van der Waals surface area (Å²) in [6.45, 7) is 0.602. The number of amides is 3. The number of carbonyl (C=O) groups excluding carboxylic acids is 3. The third-order valence-corrected chi connectivity index (χ3v) is 4.88. The maximum atomic E-state index is 13.1. The molecule has 9 nitrogen and oxygen atoms in total. The van der Waals surface area contributed by atoms with E-state index in [9.17, 15) is 29.4 Å². The van der Waals surface area contributed by atoms with Crippen LogP contribution in [0.15, 0.2) is 18.2 Å². The summed E-state index contributed by atoms with van der Waals surface area (Å²) in [6, 6.07) is 2.35. The quantitative estimate of drug-likeness (QED) is 0.519. The first-order valence-electron chi connectivity index (χ1n) is 8.68. The second-order valence-corrected chi connectivity index (χ2v) is 6.73. The van der Waals surface area contributed by atoms with Gasteiger partial charge < -0.3 is 20.8 Å². The summed E-state index contributed by atoms with van der Waals surface area (Å²) in [5, 5.41) is 23.7. The molecule has 3 atom stereocenters. The number of nitrogens with one attached hydrogen (secondary N) is 2. The zero-order valence-electron chi connectivity index (χ0n) is 14.8. The van der Waals surface area contributed by atoms with Crippen molar-refractivity contribution in [2.75, 3.05) is 11.5 Å². The smallest absolute Gasteiger partial charge is 0.327 e. The average molecular weight is 375 g/mol. The van der Waals surface area contributed by atoms with Crippen LogP contribution in [0.25, 0.3) is 0 Å². The van der Waals surface area contributed by atoms with E-state index in [4.69, 9.17) is 0 Å². The van der Waals surface area contributed by atoms with Crippen LogP contribution in [0.3, 0.4) is 0 Å². The van der Waals surface area contributed by atoms with Crippen molar-refractivity contribution < 1.29 is 29.4 Å². The number of para-hydroxylation sites is 1. The number of carbonyl (C=O) groups is 4. The molecule has 144 valence electrons. The molecular weight excluding hydrogens is 354 g/mol. The van der Waals surface area contributed by atoms with E-state index in [0.29, 0.717) is 18.5 Å². The van der Waals surface area contributed by atoms with Crippen LogP contribution in [0.2, 0.25) is 0 Å². The van der Waals surface area contributed by atoms with Gasteiger partial charge in [-0.3, -0.25) is 19.3 Å². The molecule has 0 spiro atoms. The Kier molecular flexibility index (Phi) is 5.13. The van der Waals surface area contributed by atoms with Crippen molar-refractivity contribution in [3.05, 3.63) is 29.3 Å². The lowest BCUT2D eigenvalue weighted by molar-refractivity contribution is -0.140. The largest absolute Gasteiger partial charge is 0.480 e. The third-order valence-electron chi connectivity index (χ3n) is 4.88. The number of carboxylic acid groups (broad SMARTS) is 1. The van der Waals surface area contributed by atoms with Crippen LogP contribution in [-0.2, 0) is 32.0 Å². The summed E-state index contributed by atoms with van der Waals surface area (Å²) in [4.78, 5) is 49.5. The highest BCUT2D eigenvalue weighted by Gasteiger charge is 2.44. The Morgan fingerprint density at radius 3 is 2.63 bits per heavy atom. The van der Waals surface area contributed by atoms with Gasteiger partial charge in [-0.25, -0.2) is 4.79 Å². The average Bonchev–Trinajstić information content (AvgIpc) is 2.96. The molecule has 0 radical (unpaired) electrons. The zero-order chi connectivity index (χ0) is 19.7. The van der Waals surface area contributed by atoms with Crippen LogP contribution >= 0.6 is 0 Å². The first kappa shape index (κ1) is 18.8. The van der Waals surface area contributed by atoms with Gasteiger partial charge in [-0.05, 0) is 24.0 Å². The van der Waals surface area contributed by atoms with Crippen LogP contribution in [0.1, 0.15) is 24.5 Å². The maximum Gasteiger partial charge on any atom is 0.327 e. The Balaban J connectivity index is 1.87. The standard InChI is InChI=1S/C18H21N3O6/c1-9(23)19-13(8-22)16(24)20-12-6-5-10-3-2-4-11-7-14(18(26)27)21(15(10)11)17(12)25/h2-4,12-14,22H,5-8H2,1H3,(H,19,23)(H,20,24)(H,26,27)/t12-,13-,14-/m0/s1. The molecule has 1 aromatic carbocycles. The van der Waals surface area contributed by atoms with Crippen LogP contribution in [-0.4, -0.2) is 58.6 Å². The highest BCUT2D eigenvalue weighted by atomic mass is 16.4. The maximum absolute atomic E-state index is 13.1. The molecule has 0 fully saturated rings. The number of aliphatic hydroxyl groups excluding tert-OH is 1. The topological polar surface area (TPSA) is 136 Å².